The number of aromatic nitrogens is 3. The zero-order chi connectivity index (χ0) is 19.3. The number of benzene rings is 1. The van der Waals surface area contributed by atoms with Crippen LogP contribution in [0.1, 0.15) is 44.2 Å². The van der Waals surface area contributed by atoms with Crippen LogP contribution in [0.4, 0.5) is 15.9 Å². The molecule has 7 heteroatoms. The molecule has 1 aliphatic rings. The summed E-state index contributed by atoms with van der Waals surface area (Å²) < 4.78 is 13.3. The zero-order valence-corrected chi connectivity index (χ0v) is 15.7. The maximum absolute atomic E-state index is 13.3. The Bertz CT molecular complexity index is 964. The molecule has 4 rings (SSSR count). The molecule has 0 aliphatic heterocycles. The number of rotatable bonds is 6. The number of fused-ring (bicyclic) bond motifs is 1. The maximum atomic E-state index is 13.3. The number of halogens is 1. The largest absolute Gasteiger partial charge is 0.367 e. The number of nitrogens with zero attached hydrogens (tertiary/aromatic N) is 2. The molecule has 0 unspecified atom stereocenters. The van der Waals surface area contributed by atoms with Crippen molar-refractivity contribution in [2.75, 3.05) is 10.6 Å². The predicted molar refractivity (Wildman–Crippen MR) is 108 cm³/mol. The van der Waals surface area contributed by atoms with Crippen molar-refractivity contribution in [3.05, 3.63) is 48.0 Å². The second kappa shape index (κ2) is 8.37. The van der Waals surface area contributed by atoms with Gasteiger partial charge in [-0.2, -0.15) is 5.10 Å². The molecule has 2 aromatic heterocycles. The molecule has 1 amide bonds. The summed E-state index contributed by atoms with van der Waals surface area (Å²) in [4.78, 5) is 16.8. The molecular weight excluding hydrogens is 357 g/mol. The van der Waals surface area contributed by atoms with E-state index in [0.717, 1.165) is 35.3 Å². The summed E-state index contributed by atoms with van der Waals surface area (Å²) >= 11 is 0. The number of hydrogen-bond acceptors (Lipinski definition) is 4. The van der Waals surface area contributed by atoms with Gasteiger partial charge in [0.2, 0.25) is 5.91 Å². The van der Waals surface area contributed by atoms with Gasteiger partial charge in [0, 0.05) is 30.0 Å². The number of anilines is 2. The molecule has 1 aliphatic carbocycles. The van der Waals surface area contributed by atoms with Crippen LogP contribution in [0.25, 0.3) is 10.9 Å². The van der Waals surface area contributed by atoms with E-state index in [0.29, 0.717) is 18.2 Å². The highest BCUT2D eigenvalue weighted by Gasteiger charge is 2.18. The third-order valence-electron chi connectivity index (χ3n) is 5.20. The van der Waals surface area contributed by atoms with Gasteiger partial charge < -0.3 is 10.6 Å². The van der Waals surface area contributed by atoms with E-state index in [2.05, 4.69) is 25.8 Å². The fourth-order valence-electron chi connectivity index (χ4n) is 3.78. The van der Waals surface area contributed by atoms with Crippen molar-refractivity contribution in [3.8, 4) is 0 Å². The van der Waals surface area contributed by atoms with Crippen molar-refractivity contribution in [2.45, 2.75) is 51.0 Å². The molecule has 2 heterocycles. The van der Waals surface area contributed by atoms with Gasteiger partial charge in [-0.3, -0.25) is 9.89 Å². The standard InChI is InChI=1S/C21H24FN5O/c22-14-5-4-8-16(13-14)24-19(28)10-9-17-20-18(27-26-17)11-12-23-21(20)25-15-6-2-1-3-7-15/h4-5,8,11-13,15H,1-3,6-7,9-10H2,(H,23,25)(H,24,28)(H,26,27). The number of pyridine rings is 1. The van der Waals surface area contributed by atoms with Gasteiger partial charge in [-0.15, -0.1) is 0 Å². The number of carbonyl (C=O) groups is 1. The highest BCUT2D eigenvalue weighted by atomic mass is 19.1. The Balaban J connectivity index is 1.45. The average Bonchev–Trinajstić information content (AvgIpc) is 3.11. The van der Waals surface area contributed by atoms with E-state index in [-0.39, 0.29) is 18.1 Å². The number of nitrogens with one attached hydrogen (secondary N) is 3. The number of aryl methyl sites for hydroxylation is 1. The second-order valence-electron chi connectivity index (χ2n) is 7.29. The first-order valence-corrected chi connectivity index (χ1v) is 9.83. The summed E-state index contributed by atoms with van der Waals surface area (Å²) in [5.41, 5.74) is 2.19. The molecule has 0 atom stereocenters. The highest BCUT2D eigenvalue weighted by Crippen LogP contribution is 2.27. The lowest BCUT2D eigenvalue weighted by atomic mass is 9.95. The Kier molecular flexibility index (Phi) is 5.50. The number of aromatic amines is 1. The lowest BCUT2D eigenvalue weighted by Gasteiger charge is -2.23. The molecule has 0 saturated heterocycles. The van der Waals surface area contributed by atoms with Crippen LogP contribution >= 0.6 is 0 Å². The van der Waals surface area contributed by atoms with Crippen LogP contribution in [-0.4, -0.2) is 27.1 Å². The molecule has 146 valence electrons. The van der Waals surface area contributed by atoms with Gasteiger partial charge in [0.1, 0.15) is 11.6 Å². The third kappa shape index (κ3) is 4.30. The Labute approximate surface area is 162 Å². The van der Waals surface area contributed by atoms with Crippen molar-refractivity contribution in [1.82, 2.24) is 15.2 Å². The van der Waals surface area contributed by atoms with Crippen LogP contribution < -0.4 is 10.6 Å². The summed E-state index contributed by atoms with van der Waals surface area (Å²) in [6.07, 6.45) is 8.62. The molecular formula is C21H24FN5O. The summed E-state index contributed by atoms with van der Waals surface area (Å²) in [5.74, 6) is 0.291. The van der Waals surface area contributed by atoms with Crippen LogP contribution in [0.5, 0.6) is 0 Å². The third-order valence-corrected chi connectivity index (χ3v) is 5.20. The molecule has 0 spiro atoms. The van der Waals surface area contributed by atoms with Gasteiger partial charge in [-0.05, 0) is 43.5 Å². The fraction of sp³-hybridized carbons (Fsp3) is 0.381. The SMILES string of the molecule is O=C(CCc1[nH]nc2ccnc(NC3CCCCC3)c12)Nc1cccc(F)c1. The van der Waals surface area contributed by atoms with Crippen molar-refractivity contribution in [2.24, 2.45) is 0 Å². The molecule has 0 bridgehead atoms. The normalized spacial score (nSPS) is 14.9. The van der Waals surface area contributed by atoms with Crippen LogP contribution in [-0.2, 0) is 11.2 Å². The van der Waals surface area contributed by atoms with Gasteiger partial charge in [-0.1, -0.05) is 25.3 Å². The summed E-state index contributed by atoms with van der Waals surface area (Å²) in [6, 6.07) is 8.20. The molecule has 1 aromatic carbocycles. The number of amides is 1. The second-order valence-corrected chi connectivity index (χ2v) is 7.29. The lowest BCUT2D eigenvalue weighted by Crippen LogP contribution is -2.23. The van der Waals surface area contributed by atoms with Crippen molar-refractivity contribution in [3.63, 3.8) is 0 Å². The van der Waals surface area contributed by atoms with Crippen molar-refractivity contribution in [1.29, 1.82) is 0 Å². The van der Waals surface area contributed by atoms with Crippen molar-refractivity contribution >= 4 is 28.3 Å². The summed E-state index contributed by atoms with van der Waals surface area (Å²) in [5, 5.41) is 14.7. The Hall–Kier alpha value is -2.96. The first kappa shape index (κ1) is 18.4. The summed E-state index contributed by atoms with van der Waals surface area (Å²) in [7, 11) is 0. The minimum Gasteiger partial charge on any atom is -0.367 e. The summed E-state index contributed by atoms with van der Waals surface area (Å²) in [6.45, 7) is 0. The topological polar surface area (TPSA) is 82.7 Å². The average molecular weight is 381 g/mol. The van der Waals surface area contributed by atoms with Gasteiger partial charge in [-0.25, -0.2) is 9.37 Å². The monoisotopic (exact) mass is 381 g/mol. The predicted octanol–water partition coefficient (Wildman–Crippen LogP) is 4.41. The Morgan fingerprint density at radius 3 is 2.89 bits per heavy atom. The highest BCUT2D eigenvalue weighted by molar-refractivity contribution is 5.93. The number of carbonyl (C=O) groups excluding carboxylic acids is 1. The smallest absolute Gasteiger partial charge is 0.224 e. The minimum atomic E-state index is -0.373. The molecule has 3 N–H and O–H groups in total. The van der Waals surface area contributed by atoms with E-state index in [1.807, 2.05) is 6.07 Å². The maximum Gasteiger partial charge on any atom is 0.224 e. The minimum absolute atomic E-state index is 0.168. The molecule has 1 fully saturated rings. The van der Waals surface area contributed by atoms with Crippen LogP contribution in [0.15, 0.2) is 36.5 Å². The van der Waals surface area contributed by atoms with Gasteiger partial charge >= 0.3 is 0 Å². The molecule has 3 aromatic rings. The Morgan fingerprint density at radius 1 is 1.21 bits per heavy atom. The fourth-order valence-corrected chi connectivity index (χ4v) is 3.78. The Morgan fingerprint density at radius 2 is 2.07 bits per heavy atom. The van der Waals surface area contributed by atoms with Crippen LogP contribution in [0, 0.1) is 5.82 Å². The van der Waals surface area contributed by atoms with E-state index in [1.54, 1.807) is 18.3 Å². The zero-order valence-electron chi connectivity index (χ0n) is 15.7. The lowest BCUT2D eigenvalue weighted by molar-refractivity contribution is -0.116. The molecule has 0 radical (unpaired) electrons. The van der Waals surface area contributed by atoms with Gasteiger partial charge in [0.25, 0.3) is 0 Å². The van der Waals surface area contributed by atoms with Crippen LogP contribution in [0.3, 0.4) is 0 Å². The first-order chi connectivity index (χ1) is 13.7. The van der Waals surface area contributed by atoms with Crippen molar-refractivity contribution < 1.29 is 9.18 Å². The van der Waals surface area contributed by atoms with E-state index in [4.69, 9.17) is 0 Å². The van der Waals surface area contributed by atoms with E-state index in [9.17, 15) is 9.18 Å². The first-order valence-electron chi connectivity index (χ1n) is 9.83. The van der Waals surface area contributed by atoms with E-state index in [1.165, 1.54) is 31.4 Å². The molecule has 6 nitrogen and oxygen atoms in total. The quantitative estimate of drug-likeness (QED) is 0.590. The van der Waals surface area contributed by atoms with E-state index < -0.39 is 0 Å². The molecule has 1 saturated carbocycles. The van der Waals surface area contributed by atoms with E-state index >= 15 is 0 Å². The molecule has 28 heavy (non-hydrogen) atoms. The van der Waals surface area contributed by atoms with Gasteiger partial charge in [0.05, 0.1) is 10.9 Å². The van der Waals surface area contributed by atoms with Gasteiger partial charge in [0.15, 0.2) is 0 Å². The number of H-pyrrole nitrogens is 1. The number of hydrogen-bond donors (Lipinski definition) is 3. The van der Waals surface area contributed by atoms with Crippen LogP contribution in [0.2, 0.25) is 0 Å².